The number of amides is 1. The van der Waals surface area contributed by atoms with Crippen molar-refractivity contribution < 1.29 is 13.2 Å². The van der Waals surface area contributed by atoms with E-state index in [-0.39, 0.29) is 16.6 Å². The van der Waals surface area contributed by atoms with Crippen LogP contribution in [0.3, 0.4) is 0 Å². The van der Waals surface area contributed by atoms with Gasteiger partial charge >= 0.3 is 0 Å². The number of thioether (sulfide) groups is 1. The van der Waals surface area contributed by atoms with Gasteiger partial charge in [0.1, 0.15) is 0 Å². The second-order valence-electron chi connectivity index (χ2n) is 6.48. The molecule has 2 aromatic carbocycles. The molecule has 0 atom stereocenters. The maximum Gasteiger partial charge on any atom is 0.243 e. The summed E-state index contributed by atoms with van der Waals surface area (Å²) < 4.78 is 28.7. The third-order valence-corrected chi connectivity index (χ3v) is 8.93. The monoisotopic (exact) mass is 467 g/mol. The molecule has 0 radical (unpaired) electrons. The standard InChI is InChI=1S/C19H18ClN3O3S3/c20-14-6-7-17-16(12-14)21-19(28-17)27-13-18(24)22-8-10-23(11-9-22)29(25,26)15-4-2-1-3-5-15/h1-7,12H,8-11,13H2. The van der Waals surface area contributed by atoms with Gasteiger partial charge in [0.25, 0.3) is 0 Å². The number of thiazole rings is 1. The molecule has 0 bridgehead atoms. The molecule has 0 saturated carbocycles. The first-order chi connectivity index (χ1) is 13.9. The third-order valence-electron chi connectivity index (χ3n) is 4.62. The van der Waals surface area contributed by atoms with Crippen LogP contribution >= 0.6 is 34.7 Å². The fourth-order valence-electron chi connectivity index (χ4n) is 3.08. The van der Waals surface area contributed by atoms with Gasteiger partial charge in [-0.25, -0.2) is 13.4 Å². The number of hydrogen-bond donors (Lipinski definition) is 0. The Bertz CT molecular complexity index is 1130. The molecule has 0 N–H and O–H groups in total. The number of halogens is 1. The number of nitrogens with zero attached hydrogens (tertiary/aromatic N) is 3. The summed E-state index contributed by atoms with van der Waals surface area (Å²) in [5.74, 6) is 0.267. The lowest BCUT2D eigenvalue weighted by molar-refractivity contribution is -0.129. The van der Waals surface area contributed by atoms with Crippen LogP contribution < -0.4 is 0 Å². The molecule has 0 unspecified atom stereocenters. The highest BCUT2D eigenvalue weighted by Crippen LogP contribution is 2.31. The predicted octanol–water partition coefficient (Wildman–Crippen LogP) is 3.57. The van der Waals surface area contributed by atoms with Crippen molar-refractivity contribution in [1.82, 2.24) is 14.2 Å². The Labute approximate surface area is 182 Å². The van der Waals surface area contributed by atoms with Crippen molar-refractivity contribution in [3.8, 4) is 0 Å². The van der Waals surface area contributed by atoms with Gasteiger partial charge in [-0.2, -0.15) is 4.31 Å². The number of piperazine rings is 1. The molecule has 29 heavy (non-hydrogen) atoms. The fraction of sp³-hybridized carbons (Fsp3) is 0.263. The van der Waals surface area contributed by atoms with E-state index in [1.807, 2.05) is 18.2 Å². The summed E-state index contributed by atoms with van der Waals surface area (Å²) in [5, 5.41) is 0.638. The van der Waals surface area contributed by atoms with E-state index < -0.39 is 10.0 Å². The maximum absolute atomic E-state index is 12.7. The van der Waals surface area contributed by atoms with Crippen LogP contribution in [0.4, 0.5) is 0 Å². The lowest BCUT2D eigenvalue weighted by Gasteiger charge is -2.34. The molecular weight excluding hydrogens is 450 g/mol. The lowest BCUT2D eigenvalue weighted by atomic mass is 10.3. The van der Waals surface area contributed by atoms with Gasteiger partial charge in [0.2, 0.25) is 15.9 Å². The molecule has 2 heterocycles. The zero-order chi connectivity index (χ0) is 20.4. The molecule has 1 fully saturated rings. The molecule has 1 aromatic heterocycles. The number of rotatable bonds is 5. The Balaban J connectivity index is 1.33. The van der Waals surface area contributed by atoms with Gasteiger partial charge in [0.05, 0.1) is 20.9 Å². The van der Waals surface area contributed by atoms with Gasteiger partial charge in [-0.3, -0.25) is 4.79 Å². The molecular formula is C19H18ClN3O3S3. The van der Waals surface area contributed by atoms with E-state index >= 15 is 0 Å². The first kappa shape index (κ1) is 20.6. The van der Waals surface area contributed by atoms with Crippen molar-refractivity contribution in [2.75, 3.05) is 31.9 Å². The third kappa shape index (κ3) is 4.59. The summed E-state index contributed by atoms with van der Waals surface area (Å²) >= 11 is 8.92. The predicted molar refractivity (Wildman–Crippen MR) is 117 cm³/mol. The second kappa shape index (κ2) is 8.61. The van der Waals surface area contributed by atoms with E-state index in [0.29, 0.717) is 31.2 Å². The van der Waals surface area contributed by atoms with E-state index in [1.165, 1.54) is 27.4 Å². The molecule has 1 aliphatic rings. The van der Waals surface area contributed by atoms with Gasteiger partial charge < -0.3 is 4.90 Å². The molecule has 1 saturated heterocycles. The first-order valence-electron chi connectivity index (χ1n) is 8.95. The van der Waals surface area contributed by atoms with E-state index in [2.05, 4.69) is 4.98 Å². The zero-order valence-electron chi connectivity index (χ0n) is 15.3. The summed E-state index contributed by atoms with van der Waals surface area (Å²) in [6.07, 6.45) is 0. The van der Waals surface area contributed by atoms with Crippen molar-refractivity contribution >= 4 is 60.8 Å². The van der Waals surface area contributed by atoms with Crippen LogP contribution in [-0.2, 0) is 14.8 Å². The van der Waals surface area contributed by atoms with E-state index in [0.717, 1.165) is 14.6 Å². The van der Waals surface area contributed by atoms with Gasteiger partial charge in [0, 0.05) is 31.2 Å². The van der Waals surface area contributed by atoms with Crippen molar-refractivity contribution in [3.05, 3.63) is 53.6 Å². The van der Waals surface area contributed by atoms with Crippen LogP contribution in [-0.4, -0.2) is 60.4 Å². The van der Waals surface area contributed by atoms with Crippen LogP contribution in [0, 0.1) is 0 Å². The quantitative estimate of drug-likeness (QED) is 0.536. The fourth-order valence-corrected chi connectivity index (χ4v) is 6.64. The second-order valence-corrected chi connectivity index (χ2v) is 11.1. The Morgan fingerprint density at radius 2 is 1.83 bits per heavy atom. The van der Waals surface area contributed by atoms with Crippen molar-refractivity contribution in [3.63, 3.8) is 0 Å². The van der Waals surface area contributed by atoms with Crippen LogP contribution in [0.1, 0.15) is 0 Å². The average molecular weight is 468 g/mol. The molecule has 10 heteroatoms. The number of carbonyl (C=O) groups is 1. The lowest BCUT2D eigenvalue weighted by Crippen LogP contribution is -2.50. The molecule has 0 aliphatic carbocycles. The summed E-state index contributed by atoms with van der Waals surface area (Å²) in [4.78, 5) is 19.1. The summed E-state index contributed by atoms with van der Waals surface area (Å²) in [6.45, 7) is 1.38. The SMILES string of the molecule is O=C(CSc1nc2cc(Cl)ccc2s1)N1CCN(S(=O)(=O)c2ccccc2)CC1. The van der Waals surface area contributed by atoms with Crippen molar-refractivity contribution in [1.29, 1.82) is 0 Å². The van der Waals surface area contributed by atoms with Crippen LogP contribution in [0.15, 0.2) is 57.8 Å². The minimum Gasteiger partial charge on any atom is -0.339 e. The van der Waals surface area contributed by atoms with E-state index in [9.17, 15) is 13.2 Å². The minimum atomic E-state index is -3.51. The smallest absolute Gasteiger partial charge is 0.243 e. The zero-order valence-corrected chi connectivity index (χ0v) is 18.5. The summed E-state index contributed by atoms with van der Waals surface area (Å²) in [6, 6.07) is 13.9. The number of aromatic nitrogens is 1. The van der Waals surface area contributed by atoms with Crippen LogP contribution in [0.5, 0.6) is 0 Å². The number of benzene rings is 2. The number of fused-ring (bicyclic) bond motifs is 1. The van der Waals surface area contributed by atoms with Crippen LogP contribution in [0.25, 0.3) is 10.2 Å². The number of carbonyl (C=O) groups excluding carboxylic acids is 1. The first-order valence-corrected chi connectivity index (χ1v) is 12.6. The average Bonchev–Trinajstić information content (AvgIpc) is 3.14. The normalized spacial score (nSPS) is 15.7. The van der Waals surface area contributed by atoms with Crippen LogP contribution in [0.2, 0.25) is 5.02 Å². The number of hydrogen-bond acceptors (Lipinski definition) is 6. The highest BCUT2D eigenvalue weighted by atomic mass is 35.5. The van der Waals surface area contributed by atoms with Gasteiger partial charge in [0.15, 0.2) is 4.34 Å². The largest absolute Gasteiger partial charge is 0.339 e. The Morgan fingerprint density at radius 3 is 2.55 bits per heavy atom. The highest BCUT2D eigenvalue weighted by Gasteiger charge is 2.30. The van der Waals surface area contributed by atoms with Gasteiger partial charge in [-0.1, -0.05) is 41.6 Å². The Hall–Kier alpha value is -1.65. The molecule has 6 nitrogen and oxygen atoms in total. The van der Waals surface area contributed by atoms with E-state index in [4.69, 9.17) is 11.6 Å². The Morgan fingerprint density at radius 1 is 1.10 bits per heavy atom. The van der Waals surface area contributed by atoms with Crippen molar-refractivity contribution in [2.45, 2.75) is 9.24 Å². The molecule has 1 aliphatic heterocycles. The molecule has 1 amide bonds. The molecule has 3 aromatic rings. The van der Waals surface area contributed by atoms with Crippen molar-refractivity contribution in [2.24, 2.45) is 0 Å². The minimum absolute atomic E-state index is 0.0101. The topological polar surface area (TPSA) is 70.6 Å². The Kier molecular flexibility index (Phi) is 6.12. The molecule has 0 spiro atoms. The van der Waals surface area contributed by atoms with Gasteiger partial charge in [-0.15, -0.1) is 11.3 Å². The molecule has 152 valence electrons. The molecule has 4 rings (SSSR count). The highest BCUT2D eigenvalue weighted by molar-refractivity contribution is 8.01. The number of sulfonamides is 1. The van der Waals surface area contributed by atoms with E-state index in [1.54, 1.807) is 35.2 Å². The summed E-state index contributed by atoms with van der Waals surface area (Å²) in [5.41, 5.74) is 0.831. The maximum atomic E-state index is 12.7. The van der Waals surface area contributed by atoms with Gasteiger partial charge in [-0.05, 0) is 30.3 Å². The summed E-state index contributed by atoms with van der Waals surface area (Å²) in [7, 11) is -3.51.